The maximum atomic E-state index is 12.0. The first-order valence-corrected chi connectivity index (χ1v) is 8.83. The first-order valence-electron chi connectivity index (χ1n) is 7.43. The number of rotatable bonds is 9. The maximum absolute atomic E-state index is 12.0. The second-order valence-electron chi connectivity index (χ2n) is 5.15. The minimum absolute atomic E-state index is 0. The summed E-state index contributed by atoms with van der Waals surface area (Å²) >= 11 is 1.68. The lowest BCUT2D eigenvalue weighted by Crippen LogP contribution is -2.36. The van der Waals surface area contributed by atoms with E-state index in [0.717, 1.165) is 22.8 Å². The Balaban J connectivity index is 0.00000288. The Kier molecular flexibility index (Phi) is 9.56. The number of anilines is 1. The lowest BCUT2D eigenvalue weighted by Gasteiger charge is -2.12. The lowest BCUT2D eigenvalue weighted by atomic mass is 10.2. The zero-order valence-corrected chi connectivity index (χ0v) is 15.2. The molecule has 1 aromatic carbocycles. The van der Waals surface area contributed by atoms with Crippen molar-refractivity contribution in [1.29, 1.82) is 0 Å². The van der Waals surface area contributed by atoms with Gasteiger partial charge in [-0.1, -0.05) is 12.1 Å². The predicted molar refractivity (Wildman–Crippen MR) is 100 cm³/mol. The topological polar surface area (TPSA) is 77.5 Å². The van der Waals surface area contributed by atoms with Gasteiger partial charge in [-0.25, -0.2) is 0 Å². The first kappa shape index (κ1) is 20.6. The molecule has 1 unspecified atom stereocenters. The van der Waals surface area contributed by atoms with Crippen molar-refractivity contribution in [2.75, 3.05) is 17.3 Å². The summed E-state index contributed by atoms with van der Waals surface area (Å²) in [6.45, 7) is 0.867. The molecule has 1 aromatic heterocycles. The van der Waals surface area contributed by atoms with Gasteiger partial charge in [-0.15, -0.1) is 12.4 Å². The molecule has 2 rings (SSSR count). The third-order valence-electron chi connectivity index (χ3n) is 3.26. The average Bonchev–Trinajstić information content (AvgIpc) is 3.06. The van der Waals surface area contributed by atoms with Crippen LogP contribution in [0, 0.1) is 0 Å². The summed E-state index contributed by atoms with van der Waals surface area (Å²) in [5.74, 6) is 1.50. The van der Waals surface area contributed by atoms with Gasteiger partial charge in [0.25, 0.3) is 0 Å². The molecule has 0 saturated carbocycles. The fourth-order valence-electron chi connectivity index (χ4n) is 2.01. The molecule has 1 amide bonds. The molecule has 7 heteroatoms. The van der Waals surface area contributed by atoms with Gasteiger partial charge in [0.1, 0.15) is 12.4 Å². The molecule has 0 radical (unpaired) electrons. The van der Waals surface area contributed by atoms with Gasteiger partial charge in [-0.05, 0) is 48.3 Å². The molecule has 1 atom stereocenters. The number of hydrogen-bond donors (Lipinski definition) is 2. The van der Waals surface area contributed by atoms with Crippen LogP contribution in [0.2, 0.25) is 0 Å². The van der Waals surface area contributed by atoms with Crippen LogP contribution in [0.5, 0.6) is 0 Å². The van der Waals surface area contributed by atoms with Crippen molar-refractivity contribution in [2.24, 2.45) is 5.73 Å². The van der Waals surface area contributed by atoms with Gasteiger partial charge in [0, 0.05) is 5.69 Å². The highest BCUT2D eigenvalue weighted by molar-refractivity contribution is 7.98. The fraction of sp³-hybridized carbons (Fsp3) is 0.353. The minimum Gasteiger partial charge on any atom is -0.467 e. The number of ether oxygens (including phenoxy) is 1. The van der Waals surface area contributed by atoms with Crippen LogP contribution in [0.15, 0.2) is 47.1 Å². The molecule has 0 aliphatic rings. The molecule has 0 fully saturated rings. The average molecular weight is 371 g/mol. The summed E-state index contributed by atoms with van der Waals surface area (Å²) < 4.78 is 10.8. The number of halogens is 1. The van der Waals surface area contributed by atoms with E-state index in [0.29, 0.717) is 19.6 Å². The largest absolute Gasteiger partial charge is 0.467 e. The van der Waals surface area contributed by atoms with Gasteiger partial charge in [0.2, 0.25) is 5.91 Å². The molecule has 2 aromatic rings. The summed E-state index contributed by atoms with van der Waals surface area (Å²) in [5, 5.41) is 2.85. The number of hydrogen-bond acceptors (Lipinski definition) is 5. The third-order valence-corrected chi connectivity index (χ3v) is 3.90. The molecule has 0 aliphatic heterocycles. The molecule has 3 N–H and O–H groups in total. The van der Waals surface area contributed by atoms with Crippen molar-refractivity contribution < 1.29 is 13.9 Å². The monoisotopic (exact) mass is 370 g/mol. The molecule has 0 spiro atoms. The number of furan rings is 1. The second kappa shape index (κ2) is 11.1. The Bertz CT molecular complexity index is 608. The molecule has 0 saturated heterocycles. The van der Waals surface area contributed by atoms with E-state index in [-0.39, 0.29) is 18.3 Å². The Hall–Kier alpha value is -1.47. The normalized spacial score (nSPS) is 11.6. The van der Waals surface area contributed by atoms with E-state index in [4.69, 9.17) is 14.9 Å². The highest BCUT2D eigenvalue weighted by Gasteiger charge is 2.13. The van der Waals surface area contributed by atoms with E-state index in [1.54, 1.807) is 18.0 Å². The van der Waals surface area contributed by atoms with E-state index in [9.17, 15) is 4.79 Å². The Morgan fingerprint density at radius 2 is 2.17 bits per heavy atom. The van der Waals surface area contributed by atoms with Crippen LogP contribution in [0.1, 0.15) is 17.7 Å². The number of thioether (sulfide) groups is 1. The summed E-state index contributed by atoms with van der Waals surface area (Å²) in [7, 11) is 0. The highest BCUT2D eigenvalue weighted by Crippen LogP contribution is 2.13. The Morgan fingerprint density at radius 1 is 1.33 bits per heavy atom. The van der Waals surface area contributed by atoms with Crippen molar-refractivity contribution in [3.63, 3.8) is 0 Å². The van der Waals surface area contributed by atoms with Crippen molar-refractivity contribution in [2.45, 2.75) is 25.7 Å². The first-order chi connectivity index (χ1) is 11.2. The van der Waals surface area contributed by atoms with Crippen molar-refractivity contribution >= 4 is 35.8 Å². The third kappa shape index (κ3) is 6.97. The van der Waals surface area contributed by atoms with Gasteiger partial charge in [0.15, 0.2) is 0 Å². The van der Waals surface area contributed by atoms with Gasteiger partial charge < -0.3 is 20.2 Å². The zero-order valence-electron chi connectivity index (χ0n) is 13.6. The standard InChI is InChI=1S/C17H22N2O3S.ClH/c1-23-9-7-16(18)17(20)19-14-5-2-4-13(10-14)11-21-12-15-6-3-8-22-15;/h2-6,8,10,16H,7,9,11-12,18H2,1H3,(H,19,20);1H. The van der Waals surface area contributed by atoms with E-state index < -0.39 is 6.04 Å². The lowest BCUT2D eigenvalue weighted by molar-refractivity contribution is -0.117. The Morgan fingerprint density at radius 3 is 2.88 bits per heavy atom. The molecule has 0 aliphatic carbocycles. The van der Waals surface area contributed by atoms with Crippen molar-refractivity contribution in [3.8, 4) is 0 Å². The van der Waals surface area contributed by atoms with E-state index >= 15 is 0 Å². The molecule has 132 valence electrons. The van der Waals surface area contributed by atoms with E-state index in [2.05, 4.69) is 5.32 Å². The number of nitrogens with two attached hydrogens (primary N) is 1. The molecule has 0 bridgehead atoms. The summed E-state index contributed by atoms with van der Waals surface area (Å²) in [4.78, 5) is 12.0. The molecule has 1 heterocycles. The number of nitrogens with one attached hydrogen (secondary N) is 1. The van der Waals surface area contributed by atoms with Gasteiger partial charge in [-0.3, -0.25) is 4.79 Å². The fourth-order valence-corrected chi connectivity index (χ4v) is 2.50. The summed E-state index contributed by atoms with van der Waals surface area (Å²) in [5.41, 5.74) is 7.57. The quantitative estimate of drug-likeness (QED) is 0.707. The summed E-state index contributed by atoms with van der Waals surface area (Å²) in [6, 6.07) is 10.8. The van der Waals surface area contributed by atoms with Gasteiger partial charge in [0.05, 0.1) is 18.9 Å². The van der Waals surface area contributed by atoms with E-state index in [1.165, 1.54) is 0 Å². The molecule has 24 heavy (non-hydrogen) atoms. The van der Waals surface area contributed by atoms with Crippen molar-refractivity contribution in [3.05, 3.63) is 54.0 Å². The predicted octanol–water partition coefficient (Wildman–Crippen LogP) is 3.44. The number of benzene rings is 1. The van der Waals surface area contributed by atoms with Gasteiger partial charge >= 0.3 is 0 Å². The molecular formula is C17H23ClN2O3S. The number of carbonyl (C=O) groups is 1. The van der Waals surface area contributed by atoms with Crippen LogP contribution in [-0.2, 0) is 22.7 Å². The number of carbonyl (C=O) groups excluding carboxylic acids is 1. The highest BCUT2D eigenvalue weighted by atomic mass is 35.5. The smallest absolute Gasteiger partial charge is 0.241 e. The van der Waals surface area contributed by atoms with Crippen molar-refractivity contribution in [1.82, 2.24) is 0 Å². The maximum Gasteiger partial charge on any atom is 0.241 e. The van der Waals surface area contributed by atoms with Crippen LogP contribution < -0.4 is 11.1 Å². The second-order valence-corrected chi connectivity index (χ2v) is 6.14. The summed E-state index contributed by atoms with van der Waals surface area (Å²) in [6.07, 6.45) is 4.28. The minimum atomic E-state index is -0.485. The van der Waals surface area contributed by atoms with Crippen LogP contribution in [0.3, 0.4) is 0 Å². The van der Waals surface area contributed by atoms with Crippen LogP contribution in [0.25, 0.3) is 0 Å². The number of amides is 1. The SMILES string of the molecule is CSCCC(N)C(=O)Nc1cccc(COCc2ccco2)c1.Cl. The molecule has 5 nitrogen and oxygen atoms in total. The zero-order chi connectivity index (χ0) is 16.5. The van der Waals surface area contributed by atoms with E-state index in [1.807, 2.05) is 42.7 Å². The van der Waals surface area contributed by atoms with Crippen LogP contribution in [-0.4, -0.2) is 24.0 Å². The van der Waals surface area contributed by atoms with Crippen LogP contribution in [0.4, 0.5) is 5.69 Å². The van der Waals surface area contributed by atoms with Gasteiger partial charge in [-0.2, -0.15) is 11.8 Å². The van der Waals surface area contributed by atoms with Crippen LogP contribution >= 0.6 is 24.2 Å². The Labute approximate surface area is 152 Å². The molecular weight excluding hydrogens is 348 g/mol.